The van der Waals surface area contributed by atoms with Crippen LogP contribution in [0.3, 0.4) is 0 Å². The maximum Gasteiger partial charge on any atom is 0.270 e. The molecule has 0 saturated carbocycles. The van der Waals surface area contributed by atoms with Crippen molar-refractivity contribution in [2.45, 2.75) is 13.5 Å². The van der Waals surface area contributed by atoms with Crippen LogP contribution in [0, 0.1) is 6.92 Å². The molecule has 1 aliphatic rings. The fourth-order valence-electron chi connectivity index (χ4n) is 3.66. The van der Waals surface area contributed by atoms with Crippen LogP contribution in [0.2, 0.25) is 0 Å². The lowest BCUT2D eigenvalue weighted by Crippen LogP contribution is -2.46. The molecule has 2 heterocycles. The van der Waals surface area contributed by atoms with Crippen LogP contribution in [0.1, 0.15) is 21.6 Å². The number of aryl methyl sites for hydroxylation is 1. The summed E-state index contributed by atoms with van der Waals surface area (Å²) in [5.74, 6) is -0.144. The second-order valence-electron chi connectivity index (χ2n) is 7.38. The maximum atomic E-state index is 12.5. The van der Waals surface area contributed by atoms with E-state index in [0.717, 1.165) is 37.4 Å². The molecule has 1 aliphatic heterocycles. The molecule has 1 aromatic heterocycles. The average molecular weight is 386 g/mol. The molecule has 1 N–H and O–H groups in total. The molecule has 5 heteroatoms. The summed E-state index contributed by atoms with van der Waals surface area (Å²) < 4.78 is 0. The third-order valence-corrected chi connectivity index (χ3v) is 5.28. The first-order chi connectivity index (χ1) is 14.2. The highest BCUT2D eigenvalue weighted by molar-refractivity contribution is 5.93. The average Bonchev–Trinajstić information content (AvgIpc) is 2.78. The lowest BCUT2D eigenvalue weighted by molar-refractivity contribution is 0.0946. The Bertz CT molecular complexity index is 965. The summed E-state index contributed by atoms with van der Waals surface area (Å²) in [7, 11) is 0. The molecule has 148 valence electrons. The number of carbonyl (C=O) groups is 1. The van der Waals surface area contributed by atoms with E-state index in [1.165, 1.54) is 11.3 Å². The number of anilines is 2. The number of amides is 1. The van der Waals surface area contributed by atoms with Gasteiger partial charge in [-0.15, -0.1) is 0 Å². The minimum atomic E-state index is -0.144. The third kappa shape index (κ3) is 4.74. The molecule has 1 saturated heterocycles. The molecular weight excluding hydrogens is 360 g/mol. The number of carbonyl (C=O) groups excluding carboxylic acids is 1. The number of nitrogens with zero attached hydrogens (tertiary/aromatic N) is 3. The van der Waals surface area contributed by atoms with Crippen LogP contribution in [0.4, 0.5) is 11.4 Å². The van der Waals surface area contributed by atoms with Gasteiger partial charge in [0, 0.05) is 50.3 Å². The van der Waals surface area contributed by atoms with E-state index in [4.69, 9.17) is 0 Å². The zero-order valence-electron chi connectivity index (χ0n) is 16.7. The highest BCUT2D eigenvalue weighted by atomic mass is 16.1. The van der Waals surface area contributed by atoms with Crippen LogP contribution in [0.15, 0.2) is 72.9 Å². The van der Waals surface area contributed by atoms with Gasteiger partial charge in [0.15, 0.2) is 0 Å². The summed E-state index contributed by atoms with van der Waals surface area (Å²) in [5, 5.41) is 2.95. The Morgan fingerprint density at radius 3 is 2.28 bits per heavy atom. The number of benzene rings is 2. The maximum absolute atomic E-state index is 12.5. The van der Waals surface area contributed by atoms with Crippen molar-refractivity contribution in [2.75, 3.05) is 36.0 Å². The van der Waals surface area contributed by atoms with Gasteiger partial charge in [-0.3, -0.25) is 9.78 Å². The second kappa shape index (κ2) is 8.78. The van der Waals surface area contributed by atoms with Gasteiger partial charge in [-0.25, -0.2) is 0 Å². The number of aromatic nitrogens is 1. The summed E-state index contributed by atoms with van der Waals surface area (Å²) in [6.07, 6.45) is 1.72. The quantitative estimate of drug-likeness (QED) is 0.727. The van der Waals surface area contributed by atoms with E-state index in [2.05, 4.69) is 51.3 Å². The molecule has 3 aromatic rings. The number of nitrogens with one attached hydrogen (secondary N) is 1. The Labute approximate surface area is 172 Å². The predicted molar refractivity (Wildman–Crippen MR) is 117 cm³/mol. The van der Waals surface area contributed by atoms with Crippen LogP contribution >= 0.6 is 0 Å². The number of hydrogen-bond donors (Lipinski definition) is 1. The minimum Gasteiger partial charge on any atom is -0.368 e. The summed E-state index contributed by atoms with van der Waals surface area (Å²) in [5.41, 5.74) is 5.14. The third-order valence-electron chi connectivity index (χ3n) is 5.28. The zero-order chi connectivity index (χ0) is 20.1. The van der Waals surface area contributed by atoms with E-state index >= 15 is 0 Å². The molecule has 1 fully saturated rings. The molecule has 4 rings (SSSR count). The van der Waals surface area contributed by atoms with Crippen LogP contribution in [0.5, 0.6) is 0 Å². The Hall–Kier alpha value is -3.34. The van der Waals surface area contributed by atoms with Gasteiger partial charge in [-0.2, -0.15) is 0 Å². The van der Waals surface area contributed by atoms with Gasteiger partial charge in [0.25, 0.3) is 5.91 Å². The lowest BCUT2D eigenvalue weighted by atomic mass is 10.2. The SMILES string of the molecule is Cc1cccc(N2CCN(c3ccnc(C(=O)NCc4ccccc4)c3)CC2)c1. The van der Waals surface area contributed by atoms with Crippen molar-refractivity contribution >= 4 is 17.3 Å². The Morgan fingerprint density at radius 1 is 0.897 bits per heavy atom. The number of rotatable bonds is 5. The number of hydrogen-bond acceptors (Lipinski definition) is 4. The van der Waals surface area contributed by atoms with E-state index in [9.17, 15) is 4.79 Å². The zero-order valence-corrected chi connectivity index (χ0v) is 16.7. The highest BCUT2D eigenvalue weighted by Gasteiger charge is 2.19. The van der Waals surface area contributed by atoms with E-state index in [1.807, 2.05) is 42.5 Å². The molecule has 0 radical (unpaired) electrons. The van der Waals surface area contributed by atoms with Gasteiger partial charge < -0.3 is 15.1 Å². The fourth-order valence-corrected chi connectivity index (χ4v) is 3.66. The first kappa shape index (κ1) is 19.0. The van der Waals surface area contributed by atoms with Crippen molar-refractivity contribution in [3.05, 3.63) is 89.7 Å². The normalized spacial score (nSPS) is 14.0. The Balaban J connectivity index is 1.37. The van der Waals surface area contributed by atoms with Crippen molar-refractivity contribution in [1.82, 2.24) is 10.3 Å². The summed E-state index contributed by atoms with van der Waals surface area (Å²) in [6, 6.07) is 22.4. The summed E-state index contributed by atoms with van der Waals surface area (Å²) in [6.45, 7) is 6.39. The molecule has 1 amide bonds. The van der Waals surface area contributed by atoms with Crippen LogP contribution in [-0.2, 0) is 6.54 Å². The van der Waals surface area contributed by atoms with Gasteiger partial charge in [-0.05, 0) is 42.3 Å². The van der Waals surface area contributed by atoms with E-state index in [0.29, 0.717) is 12.2 Å². The highest BCUT2D eigenvalue weighted by Crippen LogP contribution is 2.21. The number of piperazine rings is 1. The van der Waals surface area contributed by atoms with Crippen molar-refractivity contribution in [3.63, 3.8) is 0 Å². The van der Waals surface area contributed by atoms with Crippen LogP contribution in [0.25, 0.3) is 0 Å². The first-order valence-corrected chi connectivity index (χ1v) is 10.0. The monoisotopic (exact) mass is 386 g/mol. The van der Waals surface area contributed by atoms with Gasteiger partial charge in [0.05, 0.1) is 0 Å². The molecule has 0 spiro atoms. The summed E-state index contributed by atoms with van der Waals surface area (Å²) >= 11 is 0. The molecule has 29 heavy (non-hydrogen) atoms. The van der Waals surface area contributed by atoms with Crippen LogP contribution in [-0.4, -0.2) is 37.1 Å². The van der Waals surface area contributed by atoms with Crippen molar-refractivity contribution in [3.8, 4) is 0 Å². The van der Waals surface area contributed by atoms with Gasteiger partial charge >= 0.3 is 0 Å². The smallest absolute Gasteiger partial charge is 0.270 e. The van der Waals surface area contributed by atoms with Crippen LogP contribution < -0.4 is 15.1 Å². The van der Waals surface area contributed by atoms with E-state index in [-0.39, 0.29) is 5.91 Å². The molecule has 0 unspecified atom stereocenters. The van der Waals surface area contributed by atoms with E-state index < -0.39 is 0 Å². The molecule has 5 nitrogen and oxygen atoms in total. The fraction of sp³-hybridized carbons (Fsp3) is 0.250. The Morgan fingerprint density at radius 2 is 1.59 bits per heavy atom. The molecular formula is C24H26N4O. The van der Waals surface area contributed by atoms with Crippen molar-refractivity contribution in [2.24, 2.45) is 0 Å². The van der Waals surface area contributed by atoms with Crippen molar-refractivity contribution < 1.29 is 4.79 Å². The Kier molecular flexibility index (Phi) is 5.75. The largest absolute Gasteiger partial charge is 0.368 e. The topological polar surface area (TPSA) is 48.5 Å². The first-order valence-electron chi connectivity index (χ1n) is 10.0. The van der Waals surface area contributed by atoms with Gasteiger partial charge in [-0.1, -0.05) is 42.5 Å². The number of pyridine rings is 1. The lowest BCUT2D eigenvalue weighted by Gasteiger charge is -2.37. The second-order valence-corrected chi connectivity index (χ2v) is 7.38. The molecule has 0 bridgehead atoms. The van der Waals surface area contributed by atoms with E-state index in [1.54, 1.807) is 6.20 Å². The van der Waals surface area contributed by atoms with Gasteiger partial charge in [0.2, 0.25) is 0 Å². The predicted octanol–water partition coefficient (Wildman–Crippen LogP) is 3.65. The van der Waals surface area contributed by atoms with Gasteiger partial charge in [0.1, 0.15) is 5.69 Å². The molecule has 2 aromatic carbocycles. The molecule has 0 aliphatic carbocycles. The standard InChI is InChI=1S/C24H26N4O/c1-19-6-5-9-21(16-19)27-12-14-28(15-13-27)22-10-11-25-23(17-22)24(29)26-18-20-7-3-2-4-8-20/h2-11,16-17H,12-15,18H2,1H3,(H,26,29). The minimum absolute atomic E-state index is 0.144. The summed E-state index contributed by atoms with van der Waals surface area (Å²) in [4.78, 5) is 21.5. The van der Waals surface area contributed by atoms with Crippen molar-refractivity contribution in [1.29, 1.82) is 0 Å². The molecule has 0 atom stereocenters.